The lowest BCUT2D eigenvalue weighted by Crippen LogP contribution is -2.11. The Hall–Kier alpha value is -2.99. The van der Waals surface area contributed by atoms with Crippen molar-refractivity contribution >= 4 is 11.9 Å². The number of ether oxygens (including phenoxy) is 3. The van der Waals surface area contributed by atoms with Gasteiger partial charge in [-0.25, -0.2) is 0 Å². The number of rotatable bonds is 2. The molecule has 2 aliphatic heterocycles. The molecule has 0 unspecified atom stereocenters. The molecule has 0 saturated carbocycles. The molecule has 1 atom stereocenters. The molecule has 0 fully saturated rings. The molecule has 0 radical (unpaired) electrons. The molecule has 0 amide bonds. The van der Waals surface area contributed by atoms with E-state index in [0.29, 0.717) is 29.9 Å². The minimum absolute atomic E-state index is 0.0208. The Balaban J connectivity index is 2.12. The summed E-state index contributed by atoms with van der Waals surface area (Å²) in [6.07, 6.45) is 3.14. The third kappa shape index (κ3) is 4.23. The van der Waals surface area contributed by atoms with Gasteiger partial charge in [0, 0.05) is 18.4 Å². The van der Waals surface area contributed by atoms with Gasteiger partial charge in [-0.05, 0) is 30.2 Å². The van der Waals surface area contributed by atoms with E-state index < -0.39 is 6.10 Å². The summed E-state index contributed by atoms with van der Waals surface area (Å²) in [6.45, 7) is 0. The van der Waals surface area contributed by atoms with Gasteiger partial charge in [-0.2, -0.15) is 0 Å². The number of hydrogen-bond acceptors (Lipinski definition) is 6. The molecule has 0 aromatic heterocycles. The number of phenolic OH excluding ortho intramolecular Hbond substituents is 1. The third-order valence-corrected chi connectivity index (χ3v) is 4.39. The number of Topliss-reactive ketones (excluding diaryl/α,β-unsaturated/α-hetero) is 1. The Bertz CT molecular complexity index is 854. The van der Waals surface area contributed by atoms with Crippen LogP contribution in [0.5, 0.6) is 28.7 Å². The van der Waals surface area contributed by atoms with Crippen LogP contribution in [0.3, 0.4) is 0 Å². The molecule has 2 heterocycles. The zero-order chi connectivity index (χ0) is 19.4. The first-order valence-electron chi connectivity index (χ1n) is 8.64. The second kappa shape index (κ2) is 8.14. The number of methoxy groups -OCH3 is 2. The predicted octanol–water partition coefficient (Wildman–Crippen LogP) is 3.48. The van der Waals surface area contributed by atoms with Gasteiger partial charge < -0.3 is 24.4 Å². The Morgan fingerprint density at radius 1 is 1.07 bits per heavy atom. The van der Waals surface area contributed by atoms with Crippen LogP contribution in [0.4, 0.5) is 0 Å². The Morgan fingerprint density at radius 3 is 2.44 bits per heavy atom. The maximum absolute atomic E-state index is 12.1. The Kier molecular flexibility index (Phi) is 5.66. The van der Waals surface area contributed by atoms with Crippen LogP contribution < -0.4 is 14.2 Å². The highest BCUT2D eigenvalue weighted by Gasteiger charge is 2.20. The molecule has 2 aromatic rings. The first-order chi connectivity index (χ1) is 13.0. The van der Waals surface area contributed by atoms with E-state index in [1.54, 1.807) is 24.3 Å². The maximum atomic E-state index is 12.1. The Morgan fingerprint density at radius 2 is 1.78 bits per heavy atom. The highest BCUT2D eigenvalue weighted by molar-refractivity contribution is 5.79. The number of aliphatic hydroxyl groups is 1. The molecule has 0 spiro atoms. The van der Waals surface area contributed by atoms with Crippen molar-refractivity contribution in [3.05, 3.63) is 47.5 Å². The minimum Gasteiger partial charge on any atom is -0.502 e. The van der Waals surface area contributed by atoms with Crippen LogP contribution in [-0.2, 0) is 11.2 Å². The fourth-order valence-electron chi connectivity index (χ4n) is 2.99. The molecule has 6 nitrogen and oxygen atoms in total. The lowest BCUT2D eigenvalue weighted by atomic mass is 10.0. The van der Waals surface area contributed by atoms with Crippen molar-refractivity contribution in [2.75, 3.05) is 14.2 Å². The van der Waals surface area contributed by atoms with Crippen LogP contribution in [-0.4, -0.2) is 36.3 Å². The molecule has 0 saturated heterocycles. The van der Waals surface area contributed by atoms with E-state index in [2.05, 4.69) is 0 Å². The van der Waals surface area contributed by atoms with E-state index >= 15 is 0 Å². The smallest absolute Gasteiger partial charge is 0.207 e. The van der Waals surface area contributed by atoms with Crippen molar-refractivity contribution in [2.24, 2.45) is 0 Å². The highest BCUT2D eigenvalue weighted by Crippen LogP contribution is 2.47. The van der Waals surface area contributed by atoms with Crippen molar-refractivity contribution in [1.82, 2.24) is 0 Å². The lowest BCUT2D eigenvalue weighted by molar-refractivity contribution is -0.120. The van der Waals surface area contributed by atoms with E-state index in [1.165, 1.54) is 20.3 Å². The molecule has 27 heavy (non-hydrogen) atoms. The molecule has 2 aliphatic rings. The predicted molar refractivity (Wildman–Crippen MR) is 101 cm³/mol. The molecule has 0 aliphatic carbocycles. The normalized spacial score (nSPS) is 17.0. The monoisotopic (exact) mass is 370 g/mol. The fraction of sp³-hybridized carbons (Fsp3) is 0.286. The number of aryl methyl sites for hydroxylation is 1. The van der Waals surface area contributed by atoms with Crippen LogP contribution in [0.15, 0.2) is 36.4 Å². The summed E-state index contributed by atoms with van der Waals surface area (Å²) in [5, 5.41) is 20.6. The first kappa shape index (κ1) is 18.8. The zero-order valence-corrected chi connectivity index (χ0v) is 15.3. The number of benzene rings is 2. The summed E-state index contributed by atoms with van der Waals surface area (Å²) in [6, 6.07) is 9.01. The van der Waals surface area contributed by atoms with Crippen molar-refractivity contribution in [3.63, 3.8) is 0 Å². The number of carbonyl (C=O) groups excluding carboxylic acids is 1. The first-order valence-corrected chi connectivity index (χ1v) is 8.64. The summed E-state index contributed by atoms with van der Waals surface area (Å²) in [4.78, 5) is 12.1. The average molecular weight is 370 g/mol. The summed E-state index contributed by atoms with van der Waals surface area (Å²) in [7, 11) is 2.85. The van der Waals surface area contributed by atoms with Crippen LogP contribution in [0.2, 0.25) is 0 Å². The SMILES string of the molecule is COc1c2cc(c(OC)c1O)Oc1ccc(cc1)CCC(=O)C[C@@H](O)C=C2. The quantitative estimate of drug-likeness (QED) is 0.842. The van der Waals surface area contributed by atoms with Gasteiger partial charge in [0.2, 0.25) is 11.5 Å². The van der Waals surface area contributed by atoms with Gasteiger partial charge in [0.1, 0.15) is 11.5 Å². The summed E-state index contributed by atoms with van der Waals surface area (Å²) in [5.74, 6) is 0.986. The maximum Gasteiger partial charge on any atom is 0.207 e. The van der Waals surface area contributed by atoms with Gasteiger partial charge in [-0.1, -0.05) is 24.3 Å². The van der Waals surface area contributed by atoms with Crippen molar-refractivity contribution in [2.45, 2.75) is 25.4 Å². The van der Waals surface area contributed by atoms with E-state index in [0.717, 1.165) is 5.56 Å². The molecule has 2 aromatic carbocycles. The average Bonchev–Trinajstić information content (AvgIpc) is 2.66. The van der Waals surface area contributed by atoms with E-state index in [1.807, 2.05) is 12.1 Å². The number of phenols is 1. The number of fused-ring (bicyclic) bond motifs is 7. The summed E-state index contributed by atoms with van der Waals surface area (Å²) >= 11 is 0. The van der Waals surface area contributed by atoms with E-state index in [9.17, 15) is 15.0 Å². The lowest BCUT2D eigenvalue weighted by Gasteiger charge is -2.16. The van der Waals surface area contributed by atoms with E-state index in [-0.39, 0.29) is 29.5 Å². The van der Waals surface area contributed by atoms with Crippen LogP contribution in [0, 0.1) is 0 Å². The second-order valence-corrected chi connectivity index (χ2v) is 6.29. The van der Waals surface area contributed by atoms with Gasteiger partial charge in [-0.3, -0.25) is 4.79 Å². The van der Waals surface area contributed by atoms with Gasteiger partial charge in [0.25, 0.3) is 0 Å². The molecule has 6 heteroatoms. The van der Waals surface area contributed by atoms with Crippen LogP contribution in [0.25, 0.3) is 6.08 Å². The molecule has 2 N–H and O–H groups in total. The van der Waals surface area contributed by atoms with E-state index in [4.69, 9.17) is 14.2 Å². The van der Waals surface area contributed by atoms with Crippen molar-refractivity contribution < 1.29 is 29.2 Å². The van der Waals surface area contributed by atoms with Crippen molar-refractivity contribution in [1.29, 1.82) is 0 Å². The largest absolute Gasteiger partial charge is 0.502 e. The number of aromatic hydroxyl groups is 1. The highest BCUT2D eigenvalue weighted by atomic mass is 16.5. The van der Waals surface area contributed by atoms with Gasteiger partial charge in [0.05, 0.1) is 20.3 Å². The number of hydrogen-bond donors (Lipinski definition) is 2. The molecular formula is C21H22O6. The number of ketones is 1. The number of aliphatic hydroxyl groups excluding tert-OH is 1. The summed E-state index contributed by atoms with van der Waals surface area (Å²) in [5.41, 5.74) is 1.49. The van der Waals surface area contributed by atoms with Crippen LogP contribution in [0.1, 0.15) is 24.0 Å². The Labute approximate surface area is 157 Å². The molecular weight excluding hydrogens is 348 g/mol. The van der Waals surface area contributed by atoms with Crippen molar-refractivity contribution in [3.8, 4) is 28.7 Å². The third-order valence-electron chi connectivity index (χ3n) is 4.39. The van der Waals surface area contributed by atoms with Gasteiger partial charge >= 0.3 is 0 Å². The standard InChI is InChI=1S/C21H22O6/c1-25-20-14-6-8-16(23)12-15(22)7-3-13-4-9-17(10-5-13)27-18(11-14)21(26-2)19(20)24/h4-6,8-11,16,23-24H,3,7,12H2,1-2H3/t16-/m0/s1. The molecule has 142 valence electrons. The molecule has 4 bridgehead atoms. The van der Waals surface area contributed by atoms with Crippen LogP contribution >= 0.6 is 0 Å². The second-order valence-electron chi connectivity index (χ2n) is 6.29. The molecule has 4 rings (SSSR count). The summed E-state index contributed by atoms with van der Waals surface area (Å²) < 4.78 is 16.5. The van der Waals surface area contributed by atoms with Gasteiger partial charge in [0.15, 0.2) is 11.5 Å². The fourth-order valence-corrected chi connectivity index (χ4v) is 2.99. The van der Waals surface area contributed by atoms with Gasteiger partial charge in [-0.15, -0.1) is 0 Å². The number of carbonyl (C=O) groups is 1. The zero-order valence-electron chi connectivity index (χ0n) is 15.3. The minimum atomic E-state index is -0.928. The topological polar surface area (TPSA) is 85.2 Å².